The fourth-order valence-electron chi connectivity index (χ4n) is 2.31. The molecule has 1 aromatic carbocycles. The first-order valence-electron chi connectivity index (χ1n) is 7.69. The van der Waals surface area contributed by atoms with E-state index in [1.54, 1.807) is 0 Å². The van der Waals surface area contributed by atoms with E-state index >= 15 is 0 Å². The number of nitrogens with one attached hydrogen (secondary N) is 1. The summed E-state index contributed by atoms with van der Waals surface area (Å²) in [6.45, 7) is 2.90. The third-order valence-corrected chi connectivity index (χ3v) is 4.01. The molecule has 3 rings (SSSR count). The minimum Gasteiger partial charge on any atom is -0.468 e. The van der Waals surface area contributed by atoms with Crippen LogP contribution in [0.4, 0.5) is 10.6 Å². The summed E-state index contributed by atoms with van der Waals surface area (Å²) >= 11 is 1.09. The van der Waals surface area contributed by atoms with Gasteiger partial charge in [-0.2, -0.15) is 9.47 Å². The van der Waals surface area contributed by atoms with E-state index in [0.717, 1.165) is 30.4 Å². The third kappa shape index (κ3) is 4.64. The van der Waals surface area contributed by atoms with Crippen molar-refractivity contribution in [2.24, 2.45) is 10.8 Å². The predicted molar refractivity (Wildman–Crippen MR) is 94.1 cm³/mol. The van der Waals surface area contributed by atoms with Crippen molar-refractivity contribution in [1.82, 2.24) is 14.2 Å². The Bertz CT molecular complexity index is 730. The summed E-state index contributed by atoms with van der Waals surface area (Å²) in [4.78, 5) is 13.0. The van der Waals surface area contributed by atoms with E-state index in [0.29, 0.717) is 30.6 Å². The maximum Gasteiger partial charge on any atom is 0.332 e. The molecule has 0 radical (unpaired) electrons. The zero-order chi connectivity index (χ0) is 17.5. The zero-order valence-electron chi connectivity index (χ0n) is 13.4. The molecule has 1 fully saturated rings. The van der Waals surface area contributed by atoms with Gasteiger partial charge in [0.2, 0.25) is 5.82 Å². The fraction of sp³-hybridized carbons (Fsp3) is 0.333. The molecular weight excluding hydrogens is 344 g/mol. The van der Waals surface area contributed by atoms with Gasteiger partial charge in [0.05, 0.1) is 24.9 Å². The molecule has 0 unspecified atom stereocenters. The van der Waals surface area contributed by atoms with Crippen molar-refractivity contribution in [2.45, 2.75) is 0 Å². The predicted octanol–water partition coefficient (Wildman–Crippen LogP) is 0.826. The van der Waals surface area contributed by atoms with Crippen LogP contribution in [0.25, 0.3) is 0 Å². The minimum absolute atomic E-state index is 0.118. The van der Waals surface area contributed by atoms with E-state index in [4.69, 9.17) is 15.2 Å². The summed E-state index contributed by atoms with van der Waals surface area (Å²) in [5.41, 5.74) is 8.67. The van der Waals surface area contributed by atoms with Crippen LogP contribution >= 0.6 is 11.7 Å². The van der Waals surface area contributed by atoms with Gasteiger partial charge in [0.15, 0.2) is 0 Å². The van der Waals surface area contributed by atoms with Crippen molar-refractivity contribution in [2.75, 3.05) is 37.8 Å². The van der Waals surface area contributed by atoms with Crippen LogP contribution in [0.15, 0.2) is 35.4 Å². The molecule has 2 heterocycles. The number of ether oxygens (including phenoxy) is 2. The van der Waals surface area contributed by atoms with Crippen molar-refractivity contribution in [1.29, 1.82) is 0 Å². The van der Waals surface area contributed by atoms with E-state index in [1.165, 1.54) is 0 Å². The molecule has 3 N–H and O–H groups in total. The Morgan fingerprint density at radius 1 is 1.32 bits per heavy atom. The molecule has 0 saturated carbocycles. The Hall–Kier alpha value is -2.72. The molecule has 1 aliphatic rings. The third-order valence-electron chi connectivity index (χ3n) is 3.51. The topological polar surface area (TPSA) is 115 Å². The van der Waals surface area contributed by atoms with Gasteiger partial charge in [-0.1, -0.05) is 30.3 Å². The van der Waals surface area contributed by atoms with Crippen molar-refractivity contribution in [3.8, 4) is 5.88 Å². The minimum atomic E-state index is -0.738. The average Bonchev–Trinajstić information content (AvgIpc) is 3.11. The van der Waals surface area contributed by atoms with Crippen molar-refractivity contribution < 1.29 is 14.3 Å². The lowest BCUT2D eigenvalue weighted by atomic mass is 10.1. The second-order valence-electron chi connectivity index (χ2n) is 5.18. The van der Waals surface area contributed by atoms with Crippen molar-refractivity contribution in [3.63, 3.8) is 0 Å². The molecule has 2 aromatic rings. The monoisotopic (exact) mass is 362 g/mol. The smallest absolute Gasteiger partial charge is 0.332 e. The first-order chi connectivity index (χ1) is 12.2. The number of carbonyl (C=O) groups excluding carboxylic acids is 1. The second-order valence-corrected chi connectivity index (χ2v) is 5.71. The molecule has 0 spiro atoms. The van der Waals surface area contributed by atoms with Gasteiger partial charge in [-0.15, -0.1) is 4.37 Å². The van der Waals surface area contributed by atoms with Crippen LogP contribution < -0.4 is 20.8 Å². The number of benzene rings is 1. The van der Waals surface area contributed by atoms with Gasteiger partial charge in [0, 0.05) is 18.7 Å². The van der Waals surface area contributed by atoms with Crippen LogP contribution in [0.1, 0.15) is 5.56 Å². The van der Waals surface area contributed by atoms with Crippen molar-refractivity contribution in [3.05, 3.63) is 35.9 Å². The van der Waals surface area contributed by atoms with Gasteiger partial charge in [0.25, 0.3) is 5.88 Å². The van der Waals surface area contributed by atoms with Gasteiger partial charge in [0.1, 0.15) is 12.3 Å². The Kier molecular flexibility index (Phi) is 5.75. The lowest BCUT2D eigenvalue weighted by Crippen LogP contribution is -2.36. The van der Waals surface area contributed by atoms with E-state index in [-0.39, 0.29) is 6.61 Å². The molecule has 0 atom stereocenters. The number of nitrogens with zero attached hydrogens (tertiary/aromatic N) is 4. The molecule has 2 amide bonds. The number of hydrazone groups is 1. The van der Waals surface area contributed by atoms with E-state index in [1.807, 2.05) is 30.3 Å². The normalized spacial score (nSPS) is 15.0. The van der Waals surface area contributed by atoms with Gasteiger partial charge in [-0.3, -0.25) is 0 Å². The number of anilines is 1. The molecule has 0 bridgehead atoms. The van der Waals surface area contributed by atoms with Crippen LogP contribution in [0, 0.1) is 0 Å². The summed E-state index contributed by atoms with van der Waals surface area (Å²) in [7, 11) is 0. The molecule has 132 valence electrons. The Morgan fingerprint density at radius 2 is 2.08 bits per heavy atom. The first-order valence-corrected chi connectivity index (χ1v) is 8.42. The number of morpholine rings is 1. The number of nitrogens with two attached hydrogens (primary N) is 1. The number of hydrogen-bond acceptors (Lipinski definition) is 8. The first kappa shape index (κ1) is 17.1. The van der Waals surface area contributed by atoms with Gasteiger partial charge in [-0.25, -0.2) is 10.2 Å². The fourth-order valence-corrected chi connectivity index (χ4v) is 2.83. The summed E-state index contributed by atoms with van der Waals surface area (Å²) in [6, 6.07) is 8.64. The number of carbonyl (C=O) groups is 1. The van der Waals surface area contributed by atoms with E-state index in [9.17, 15) is 4.79 Å². The van der Waals surface area contributed by atoms with Gasteiger partial charge < -0.3 is 20.1 Å². The largest absolute Gasteiger partial charge is 0.468 e. The maximum absolute atomic E-state index is 11.0. The number of urea groups is 1. The van der Waals surface area contributed by atoms with Crippen LogP contribution in [-0.2, 0) is 4.74 Å². The lowest BCUT2D eigenvalue weighted by molar-refractivity contribution is 0.122. The van der Waals surface area contributed by atoms with Gasteiger partial charge in [-0.05, 0) is 0 Å². The quantitative estimate of drug-likeness (QED) is 0.581. The van der Waals surface area contributed by atoms with Crippen LogP contribution in [0.2, 0.25) is 0 Å². The number of primary amides is 1. The zero-order valence-corrected chi connectivity index (χ0v) is 14.2. The summed E-state index contributed by atoms with van der Waals surface area (Å²) < 4.78 is 19.7. The van der Waals surface area contributed by atoms with Crippen LogP contribution in [0.3, 0.4) is 0 Å². The molecule has 0 aliphatic carbocycles. The molecule has 1 aliphatic heterocycles. The Morgan fingerprint density at radius 3 is 2.80 bits per heavy atom. The van der Waals surface area contributed by atoms with E-state index < -0.39 is 6.03 Å². The van der Waals surface area contributed by atoms with Crippen LogP contribution in [0.5, 0.6) is 5.88 Å². The van der Waals surface area contributed by atoms with Crippen LogP contribution in [-0.4, -0.2) is 53.4 Å². The number of aromatic nitrogens is 2. The molecule has 1 saturated heterocycles. The number of amides is 2. The SMILES string of the molecule is NC(=O)NN=C(COc1nsnc1N1CCOCC1)c1ccccc1. The number of rotatable bonds is 6. The average molecular weight is 362 g/mol. The molecule has 1 aromatic heterocycles. The molecule has 9 nitrogen and oxygen atoms in total. The second kappa shape index (κ2) is 8.40. The Balaban J connectivity index is 1.72. The molecule has 10 heteroatoms. The highest BCUT2D eigenvalue weighted by Crippen LogP contribution is 2.26. The highest BCUT2D eigenvalue weighted by atomic mass is 32.1. The van der Waals surface area contributed by atoms with E-state index in [2.05, 4.69) is 24.2 Å². The highest BCUT2D eigenvalue weighted by Gasteiger charge is 2.20. The summed E-state index contributed by atoms with van der Waals surface area (Å²) in [5, 5.41) is 4.02. The summed E-state index contributed by atoms with van der Waals surface area (Å²) in [6.07, 6.45) is 0. The highest BCUT2D eigenvalue weighted by molar-refractivity contribution is 6.99. The van der Waals surface area contributed by atoms with Crippen molar-refractivity contribution >= 4 is 29.3 Å². The van der Waals surface area contributed by atoms with Gasteiger partial charge >= 0.3 is 6.03 Å². The maximum atomic E-state index is 11.0. The lowest BCUT2D eigenvalue weighted by Gasteiger charge is -2.26. The molecule has 25 heavy (non-hydrogen) atoms. The molecular formula is C15H18N6O3S. The standard InChI is InChI=1S/C15H18N6O3S/c16-15(22)18-17-12(11-4-2-1-3-5-11)10-24-14-13(19-25-20-14)21-6-8-23-9-7-21/h1-5H,6-10H2,(H3,16,18,22). The number of hydrogen-bond donors (Lipinski definition) is 2. The summed E-state index contributed by atoms with van der Waals surface area (Å²) in [5.74, 6) is 1.14. The Labute approximate surface area is 148 Å².